The molecule has 7 heavy (non-hydrogen) atoms. The van der Waals surface area contributed by atoms with Crippen molar-refractivity contribution in [1.29, 1.82) is 0 Å². The van der Waals surface area contributed by atoms with Crippen LogP contribution in [0.3, 0.4) is 0 Å². The van der Waals surface area contributed by atoms with Crippen LogP contribution in [-0.4, -0.2) is 0 Å². The average Bonchev–Trinajstić information content (AvgIpc) is 0.592. The standard InChI is InChI=1S/2ClH.Fe.4HI/h2*1H;;4*1H/q;;+6;;;;/p-6. The molecule has 0 aliphatic carbocycles. The van der Waals surface area contributed by atoms with Crippen molar-refractivity contribution in [3.8, 4) is 0 Å². The van der Waals surface area contributed by atoms with Gasteiger partial charge in [-0.3, -0.25) is 0 Å². The molecule has 0 aromatic heterocycles. The molecule has 0 spiro atoms. The Morgan fingerprint density at radius 3 is 0.857 bits per heavy atom. The van der Waals surface area contributed by atoms with Crippen molar-refractivity contribution < 1.29 is -4.09 Å². The van der Waals surface area contributed by atoms with Gasteiger partial charge < -0.3 is 0 Å². The second-order valence-corrected chi connectivity index (χ2v) is 91.6. The summed E-state index contributed by atoms with van der Waals surface area (Å²) in [5.74, 6) is 0. The van der Waals surface area contributed by atoms with Crippen molar-refractivity contribution in [2.75, 3.05) is 0 Å². The third kappa shape index (κ3) is 39.9. The SMILES string of the molecule is [Cl][Fe]([Cl])([I])([I])([I])[I]. The van der Waals surface area contributed by atoms with Crippen LogP contribution in [0, 0.1) is 0 Å². The fourth-order valence-electron chi connectivity index (χ4n) is 0. The molecule has 0 saturated heterocycles. The van der Waals surface area contributed by atoms with Gasteiger partial charge in [-0.1, -0.05) is 0 Å². The van der Waals surface area contributed by atoms with Crippen molar-refractivity contribution in [2.24, 2.45) is 0 Å². The second-order valence-electron chi connectivity index (χ2n) is 0.758. The third-order valence-electron chi connectivity index (χ3n) is 0. The first-order valence-corrected chi connectivity index (χ1v) is 18.1. The van der Waals surface area contributed by atoms with Crippen LogP contribution in [0.15, 0.2) is 0 Å². The second kappa shape index (κ2) is 2.25. The fraction of sp³-hybridized carbons (Fsp3) is 0. The van der Waals surface area contributed by atoms with Crippen LogP contribution in [0.1, 0.15) is 0 Å². The van der Waals surface area contributed by atoms with E-state index in [1.54, 1.807) is 0 Å². The van der Waals surface area contributed by atoms with E-state index in [4.69, 9.17) is 20.2 Å². The first-order valence-electron chi connectivity index (χ1n) is 0.802. The average molecular weight is 634 g/mol. The van der Waals surface area contributed by atoms with Crippen LogP contribution >= 0.6 is 102 Å². The third-order valence-corrected chi connectivity index (χ3v) is 0. The van der Waals surface area contributed by atoms with E-state index in [1.807, 2.05) is 0 Å². The van der Waals surface area contributed by atoms with E-state index < -0.39 is -4.09 Å². The van der Waals surface area contributed by atoms with Gasteiger partial charge in [-0.05, 0) is 0 Å². The van der Waals surface area contributed by atoms with Gasteiger partial charge in [-0.2, -0.15) is 0 Å². The summed E-state index contributed by atoms with van der Waals surface area (Å²) in [6, 6.07) is 0. The summed E-state index contributed by atoms with van der Waals surface area (Å²) in [4.78, 5) is 0. The predicted molar refractivity (Wildman–Crippen MR) is 67.8 cm³/mol. The van der Waals surface area contributed by atoms with Crippen LogP contribution in [0.2, 0.25) is 0 Å². The van der Waals surface area contributed by atoms with Crippen LogP contribution in [-0.2, 0) is -4.09 Å². The molecule has 0 heterocycles. The monoisotopic (exact) mass is 633 g/mol. The summed E-state index contributed by atoms with van der Waals surface area (Å²) in [5, 5.41) is 0. The molecule has 0 amide bonds. The molecule has 0 nitrogen and oxygen atoms in total. The Bertz CT molecular complexity index is 68.3. The maximum absolute atomic E-state index is 5.90. The van der Waals surface area contributed by atoms with E-state index in [9.17, 15) is 0 Å². The Morgan fingerprint density at radius 1 is 0.857 bits per heavy atom. The van der Waals surface area contributed by atoms with Gasteiger partial charge in [-0.15, -0.1) is 0 Å². The summed E-state index contributed by atoms with van der Waals surface area (Å²) in [7, 11) is 11.8. The van der Waals surface area contributed by atoms with Gasteiger partial charge in [0.05, 0.1) is 0 Å². The summed E-state index contributed by atoms with van der Waals surface area (Å²) in [5.41, 5.74) is 0. The topological polar surface area (TPSA) is 0 Å². The number of hydrogen-bond acceptors (Lipinski definition) is 0. The maximum atomic E-state index is 5.90. The van der Waals surface area contributed by atoms with Gasteiger partial charge in [0.25, 0.3) is 0 Å². The number of halogens is 6. The molecule has 0 unspecified atom stereocenters. The summed E-state index contributed by atoms with van der Waals surface area (Å²) >= 11 is 8.33. The van der Waals surface area contributed by atoms with Crippen LogP contribution < -0.4 is 0 Å². The van der Waals surface area contributed by atoms with E-state index in [2.05, 4.69) is 81.4 Å². The molecule has 0 bridgehead atoms. The zero-order valence-electron chi connectivity index (χ0n) is 2.62. The molecule has 0 aliphatic heterocycles. The van der Waals surface area contributed by atoms with Crippen molar-refractivity contribution in [3.63, 3.8) is 0 Å². The molecule has 0 saturated carbocycles. The summed E-state index contributed by atoms with van der Waals surface area (Å²) < 4.78 is -2.93. The van der Waals surface area contributed by atoms with Gasteiger partial charge in [0, 0.05) is 0 Å². The Morgan fingerprint density at radius 2 is 0.857 bits per heavy atom. The van der Waals surface area contributed by atoms with Crippen LogP contribution in [0.5, 0.6) is 0 Å². The molecule has 0 aromatic carbocycles. The summed E-state index contributed by atoms with van der Waals surface area (Å²) in [6.07, 6.45) is 0. The molecule has 0 aliphatic rings. The fourth-order valence-corrected chi connectivity index (χ4v) is 0. The number of hydrogen-bond donors (Lipinski definition) is 0. The molecule has 0 radical (unpaired) electrons. The molecule has 7 heteroatoms. The first-order chi connectivity index (χ1) is 2.45. The molecular weight excluding hydrogens is 634 g/mol. The van der Waals surface area contributed by atoms with Crippen molar-refractivity contribution in [1.82, 2.24) is 0 Å². The van der Waals surface area contributed by atoms with Gasteiger partial charge in [0.15, 0.2) is 0 Å². The first kappa shape index (κ1) is 11.0. The van der Waals surface area contributed by atoms with E-state index in [-0.39, 0.29) is 0 Å². The molecule has 0 N–H and O–H groups in total. The van der Waals surface area contributed by atoms with Crippen LogP contribution in [0.4, 0.5) is 0 Å². The predicted octanol–water partition coefficient (Wildman–Crippen LogP) is 4.92. The normalized spacial score (nSPS) is 23.1. The Hall–Kier alpha value is 4.02. The minimum atomic E-state index is -2.93. The molecule has 50 valence electrons. The molecule has 0 atom stereocenters. The Kier molecular flexibility index (Phi) is 3.55. The van der Waals surface area contributed by atoms with Gasteiger partial charge >= 0.3 is 97.5 Å². The van der Waals surface area contributed by atoms with E-state index >= 15 is 0 Å². The van der Waals surface area contributed by atoms with Crippen molar-refractivity contribution in [2.45, 2.75) is 0 Å². The molecule has 0 rings (SSSR count). The summed E-state index contributed by atoms with van der Waals surface area (Å²) in [6.45, 7) is 0. The molecule has 0 fully saturated rings. The Labute approximate surface area is 94.5 Å². The zero-order valence-corrected chi connectivity index (χ0v) is 13.9. The quantitative estimate of drug-likeness (QED) is 0.263. The van der Waals surface area contributed by atoms with E-state index in [1.165, 1.54) is 0 Å². The van der Waals surface area contributed by atoms with Crippen LogP contribution in [0.25, 0.3) is 0 Å². The van der Waals surface area contributed by atoms with Gasteiger partial charge in [-0.25, -0.2) is 0 Å². The Balaban J connectivity index is 4.43. The van der Waals surface area contributed by atoms with Gasteiger partial charge in [0.1, 0.15) is 0 Å². The van der Waals surface area contributed by atoms with Gasteiger partial charge in [0.2, 0.25) is 0 Å². The van der Waals surface area contributed by atoms with Crippen molar-refractivity contribution >= 4 is 102 Å². The number of rotatable bonds is 0. The van der Waals surface area contributed by atoms with E-state index in [0.717, 1.165) is 0 Å². The molecule has 0 aromatic rings. The zero-order chi connectivity index (χ0) is 6.41. The van der Waals surface area contributed by atoms with E-state index in [0.29, 0.717) is 0 Å². The van der Waals surface area contributed by atoms with Crippen molar-refractivity contribution in [3.05, 3.63) is 0 Å². The minimum absolute atomic E-state index is 2.08. The molecular formula is Cl2FeI4.